The first-order chi connectivity index (χ1) is 20.2. The molecular formula is C29H28ClF3N4O5S. The molecular weight excluding hydrogens is 609 g/mol. The Morgan fingerprint density at radius 1 is 1.21 bits per heavy atom. The number of nitrogens with zero attached hydrogens (tertiary/aromatic N) is 4. The van der Waals surface area contributed by atoms with Gasteiger partial charge < -0.3 is 19.5 Å². The number of hydrogen-bond donors (Lipinski definition) is 1. The molecule has 1 aromatic heterocycles. The standard InChI is InChI=1S/C29H28ClF3N4O5S/c1-28(2,3)42-26(39)36-8-9-41-20(14-36)15-37-25(38)24(43-27(37)40)21(16-5-7-23-18(10-16)13-34-35-23)11-17-4-6-19(30)12-22(17)29(31,32)33/h4-7,10,12-13,20,38H,8-9,11,14-15H2,1-3H3/t20-/m0/s1. The first-order valence-electron chi connectivity index (χ1n) is 13.3. The highest BCUT2D eigenvalue weighted by Crippen LogP contribution is 2.37. The highest BCUT2D eigenvalue weighted by Gasteiger charge is 2.35. The van der Waals surface area contributed by atoms with Gasteiger partial charge in [0.1, 0.15) is 5.60 Å². The minimum Gasteiger partial charge on any atom is -0.493 e. The fourth-order valence-electron chi connectivity index (χ4n) is 4.84. The number of morpholine rings is 1. The van der Waals surface area contributed by atoms with Gasteiger partial charge in [0.05, 0.1) is 47.8 Å². The molecule has 0 unspecified atom stereocenters. The number of alkyl halides is 3. The normalized spacial score (nSPS) is 17.5. The Morgan fingerprint density at radius 3 is 2.70 bits per heavy atom. The predicted octanol–water partition coefficient (Wildman–Crippen LogP) is 4.33. The first kappa shape index (κ1) is 30.8. The average molecular weight is 637 g/mol. The van der Waals surface area contributed by atoms with Crippen molar-refractivity contribution >= 4 is 40.8 Å². The zero-order chi connectivity index (χ0) is 31.1. The molecule has 1 fully saturated rings. The van der Waals surface area contributed by atoms with E-state index in [2.05, 4.69) is 10.2 Å². The molecule has 1 atom stereocenters. The Balaban J connectivity index is 1.54. The lowest BCUT2D eigenvalue weighted by atomic mass is 9.96. The van der Waals surface area contributed by atoms with Crippen LogP contribution < -0.4 is 15.4 Å². The van der Waals surface area contributed by atoms with Crippen LogP contribution in [0, 0.1) is 0 Å². The van der Waals surface area contributed by atoms with Gasteiger partial charge in [-0.05, 0) is 61.4 Å². The lowest BCUT2D eigenvalue weighted by Crippen LogP contribution is -2.49. The fraction of sp³-hybridized carbons (Fsp3) is 0.379. The van der Waals surface area contributed by atoms with Crippen molar-refractivity contribution in [1.82, 2.24) is 9.47 Å². The quantitative estimate of drug-likeness (QED) is 0.449. The first-order valence-corrected chi connectivity index (χ1v) is 14.5. The van der Waals surface area contributed by atoms with Crippen molar-refractivity contribution in [3.05, 3.63) is 83.2 Å². The summed E-state index contributed by atoms with van der Waals surface area (Å²) in [5.74, 6) is -0.413. The van der Waals surface area contributed by atoms with E-state index in [0.29, 0.717) is 39.6 Å². The topological polar surface area (TPSA) is 106 Å². The summed E-state index contributed by atoms with van der Waals surface area (Å²) >= 11 is 6.61. The van der Waals surface area contributed by atoms with Crippen LogP contribution in [-0.4, -0.2) is 58.3 Å². The van der Waals surface area contributed by atoms with E-state index in [1.165, 1.54) is 23.2 Å². The second-order valence-corrected chi connectivity index (χ2v) is 12.5. The monoisotopic (exact) mass is 636 g/mol. The largest absolute Gasteiger partial charge is 0.493 e. The number of halogens is 4. The number of hydrogen-bond acceptors (Lipinski definition) is 8. The third-order valence-corrected chi connectivity index (χ3v) is 8.07. The summed E-state index contributed by atoms with van der Waals surface area (Å²) in [7, 11) is 0. The molecule has 3 aromatic rings. The lowest BCUT2D eigenvalue weighted by Gasteiger charge is -2.34. The van der Waals surface area contributed by atoms with E-state index >= 15 is 0 Å². The van der Waals surface area contributed by atoms with Gasteiger partial charge in [0.15, 0.2) is 0 Å². The molecule has 2 aliphatic rings. The highest BCUT2D eigenvalue weighted by molar-refractivity contribution is 7.10. The van der Waals surface area contributed by atoms with E-state index in [0.717, 1.165) is 10.6 Å². The van der Waals surface area contributed by atoms with Gasteiger partial charge in [-0.15, -0.1) is 0 Å². The molecule has 0 bridgehead atoms. The van der Waals surface area contributed by atoms with Crippen LogP contribution >= 0.6 is 22.9 Å². The van der Waals surface area contributed by atoms with Gasteiger partial charge in [-0.1, -0.05) is 35.1 Å². The number of carbonyl (C=O) groups excluding carboxylic acids is 1. The molecule has 0 radical (unpaired) electrons. The molecule has 0 saturated carbocycles. The average Bonchev–Trinajstić information content (AvgIpc) is 3.50. The number of aromatic nitrogens is 1. The summed E-state index contributed by atoms with van der Waals surface area (Å²) in [4.78, 5) is 26.8. The smallest absolute Gasteiger partial charge is 0.416 e. The van der Waals surface area contributed by atoms with Gasteiger partial charge >= 0.3 is 17.1 Å². The summed E-state index contributed by atoms with van der Waals surface area (Å²) in [6, 6.07) is 8.53. The Labute approximate surface area is 253 Å². The van der Waals surface area contributed by atoms with Gasteiger partial charge in [-0.2, -0.15) is 23.4 Å². The van der Waals surface area contributed by atoms with Gasteiger partial charge in [-0.25, -0.2) is 4.79 Å². The Hall–Kier alpha value is -3.68. The molecule has 0 spiro atoms. The summed E-state index contributed by atoms with van der Waals surface area (Å²) in [5, 5.41) is 20.2. The van der Waals surface area contributed by atoms with E-state index in [9.17, 15) is 27.9 Å². The number of thiazole rings is 1. The number of ether oxygens (including phenoxy) is 2. The molecule has 1 saturated heterocycles. The molecule has 228 valence electrons. The van der Waals surface area contributed by atoms with E-state index in [1.807, 2.05) is 0 Å². The maximum Gasteiger partial charge on any atom is 0.416 e. The maximum atomic E-state index is 14.0. The number of benzene rings is 2. The minimum atomic E-state index is -4.69. The zero-order valence-corrected chi connectivity index (χ0v) is 25.0. The maximum absolute atomic E-state index is 14.0. The molecule has 9 nitrogen and oxygen atoms in total. The van der Waals surface area contributed by atoms with Crippen LogP contribution in [0.4, 0.5) is 18.0 Å². The number of rotatable bonds is 5. The molecule has 43 heavy (non-hydrogen) atoms. The molecule has 2 aliphatic heterocycles. The van der Waals surface area contributed by atoms with Crippen LogP contribution in [0.1, 0.15) is 42.3 Å². The van der Waals surface area contributed by atoms with Crippen molar-refractivity contribution in [2.75, 3.05) is 19.7 Å². The number of fused-ring (bicyclic) bond motifs is 1. The van der Waals surface area contributed by atoms with Gasteiger partial charge in [0.2, 0.25) is 5.88 Å². The summed E-state index contributed by atoms with van der Waals surface area (Å²) < 4.78 is 54.3. The summed E-state index contributed by atoms with van der Waals surface area (Å²) in [6.07, 6.45) is -4.59. The van der Waals surface area contributed by atoms with Crippen LogP contribution in [0.15, 0.2) is 51.4 Å². The number of carbonyl (C=O) groups is 1. The molecule has 3 heterocycles. The third-order valence-electron chi connectivity index (χ3n) is 6.80. The van der Waals surface area contributed by atoms with Crippen LogP contribution in [0.3, 0.4) is 0 Å². The van der Waals surface area contributed by atoms with Crippen molar-refractivity contribution in [2.45, 2.75) is 51.6 Å². The molecule has 14 heteroatoms. The Bertz CT molecular complexity index is 1780. The minimum absolute atomic E-state index is 0.0699. The third kappa shape index (κ3) is 6.94. The lowest BCUT2D eigenvalue weighted by molar-refractivity contribution is -0.138. The Kier molecular flexibility index (Phi) is 8.43. The van der Waals surface area contributed by atoms with Crippen LogP contribution in [0.25, 0.3) is 5.57 Å². The van der Waals surface area contributed by atoms with E-state index in [1.54, 1.807) is 39.0 Å². The van der Waals surface area contributed by atoms with E-state index in [-0.39, 0.29) is 41.6 Å². The highest BCUT2D eigenvalue weighted by atomic mass is 35.5. The fourth-order valence-corrected chi connectivity index (χ4v) is 5.97. The summed E-state index contributed by atoms with van der Waals surface area (Å²) in [6.45, 7) is 5.80. The molecule has 5 rings (SSSR count). The van der Waals surface area contributed by atoms with Crippen molar-refractivity contribution in [2.24, 2.45) is 10.2 Å². The molecule has 1 N–H and O–H groups in total. The second-order valence-electron chi connectivity index (χ2n) is 11.1. The van der Waals surface area contributed by atoms with Gasteiger partial charge in [0.25, 0.3) is 0 Å². The second kappa shape index (κ2) is 11.8. The van der Waals surface area contributed by atoms with Crippen LogP contribution in [0.5, 0.6) is 5.88 Å². The van der Waals surface area contributed by atoms with Crippen molar-refractivity contribution in [1.29, 1.82) is 0 Å². The van der Waals surface area contributed by atoms with Crippen LogP contribution in [-0.2, 0) is 28.6 Å². The van der Waals surface area contributed by atoms with Gasteiger partial charge in [-0.3, -0.25) is 9.36 Å². The van der Waals surface area contributed by atoms with E-state index < -0.39 is 40.3 Å². The number of amides is 1. The van der Waals surface area contributed by atoms with Crippen molar-refractivity contribution < 1.29 is 32.5 Å². The van der Waals surface area contributed by atoms with Gasteiger partial charge in [0, 0.05) is 23.6 Å². The number of aromatic hydroxyl groups is 1. The Morgan fingerprint density at radius 2 is 1.98 bits per heavy atom. The summed E-state index contributed by atoms with van der Waals surface area (Å²) in [5.41, 5.74) is -0.747. The van der Waals surface area contributed by atoms with Crippen LogP contribution in [0.2, 0.25) is 5.02 Å². The van der Waals surface area contributed by atoms with Crippen molar-refractivity contribution in [3.8, 4) is 5.88 Å². The molecule has 1 amide bonds. The molecule has 0 aliphatic carbocycles. The SMILES string of the molecule is CC(C)(C)OC(=O)N1CCO[C@H](Cn2c(O)c(C(Cc3ccc(Cl)cc3C(F)(F)F)=c3ccc4c(c3)C=NN=4)sc2=O)C1. The van der Waals surface area contributed by atoms with Crippen molar-refractivity contribution in [3.63, 3.8) is 0 Å². The predicted molar refractivity (Wildman–Crippen MR) is 155 cm³/mol. The zero-order valence-electron chi connectivity index (χ0n) is 23.4. The van der Waals surface area contributed by atoms with E-state index in [4.69, 9.17) is 21.1 Å². The molecule has 2 aromatic carbocycles.